The molecular weight excluding hydrogens is 318 g/mol. The van der Waals surface area contributed by atoms with Gasteiger partial charge in [-0.25, -0.2) is 5.48 Å². The highest BCUT2D eigenvalue weighted by Gasteiger charge is 2.06. The molecule has 6 heteroatoms. The number of nitrogen functional groups attached to an aromatic ring is 1. The van der Waals surface area contributed by atoms with Crippen molar-refractivity contribution in [3.05, 3.63) is 65.2 Å². The van der Waals surface area contributed by atoms with Gasteiger partial charge in [0.2, 0.25) is 0 Å². The third kappa shape index (κ3) is 5.76. The topological polar surface area (TPSA) is 104 Å². The maximum absolute atomic E-state index is 11.8. The lowest BCUT2D eigenvalue weighted by atomic mass is 10.1. The predicted octanol–water partition coefficient (Wildman–Crippen LogP) is 0.907. The van der Waals surface area contributed by atoms with Crippen molar-refractivity contribution < 1.29 is 14.8 Å². The predicted molar refractivity (Wildman–Crippen MR) is 93.3 cm³/mol. The molecule has 2 aromatic carbocycles. The second-order valence-corrected chi connectivity index (χ2v) is 4.92. The number of nitrogens with one attached hydrogen (secondary N) is 2. The molecule has 0 bridgehead atoms. The van der Waals surface area contributed by atoms with Crippen molar-refractivity contribution in [3.8, 4) is 23.7 Å². The minimum Gasteiger partial charge on any atom is -0.399 e. The van der Waals surface area contributed by atoms with Crippen LogP contribution in [0.25, 0.3) is 0 Å². The molecule has 0 aromatic heterocycles. The van der Waals surface area contributed by atoms with Gasteiger partial charge in [0.05, 0.1) is 6.54 Å². The molecule has 0 aliphatic heterocycles. The van der Waals surface area contributed by atoms with Crippen LogP contribution in [0.15, 0.2) is 48.5 Å². The molecule has 0 unspecified atom stereocenters. The standard InChI is InChI=1S/C19H15N3O3/c20-17-11-7-15(8-12-17)4-2-1-3-14-5-9-16(10-6-14)19(24)21-13-18(23)22-25/h5-12,25H,13,20H2,(H,21,24)(H,22,23). The van der Waals surface area contributed by atoms with Crippen molar-refractivity contribution in [3.63, 3.8) is 0 Å². The molecule has 2 aromatic rings. The number of rotatable bonds is 3. The molecule has 25 heavy (non-hydrogen) atoms. The van der Waals surface area contributed by atoms with Crippen LogP contribution >= 0.6 is 0 Å². The highest BCUT2D eigenvalue weighted by atomic mass is 16.5. The van der Waals surface area contributed by atoms with Crippen molar-refractivity contribution in [2.75, 3.05) is 12.3 Å². The van der Waals surface area contributed by atoms with E-state index in [2.05, 4.69) is 29.0 Å². The van der Waals surface area contributed by atoms with E-state index in [1.54, 1.807) is 36.4 Å². The highest BCUT2D eigenvalue weighted by Crippen LogP contribution is 2.04. The number of benzene rings is 2. The number of nitrogens with two attached hydrogens (primary N) is 1. The van der Waals surface area contributed by atoms with E-state index in [4.69, 9.17) is 10.9 Å². The van der Waals surface area contributed by atoms with E-state index in [1.165, 1.54) is 5.48 Å². The summed E-state index contributed by atoms with van der Waals surface area (Å²) in [6, 6.07) is 13.7. The van der Waals surface area contributed by atoms with Gasteiger partial charge in [0, 0.05) is 22.4 Å². The summed E-state index contributed by atoms with van der Waals surface area (Å²) < 4.78 is 0. The van der Waals surface area contributed by atoms with E-state index >= 15 is 0 Å². The summed E-state index contributed by atoms with van der Waals surface area (Å²) in [6.07, 6.45) is 0. The minimum atomic E-state index is -0.699. The Morgan fingerprint density at radius 2 is 1.44 bits per heavy atom. The van der Waals surface area contributed by atoms with Crippen molar-refractivity contribution >= 4 is 17.5 Å². The molecule has 0 radical (unpaired) electrons. The van der Waals surface area contributed by atoms with Crippen LogP contribution in [0.4, 0.5) is 5.69 Å². The van der Waals surface area contributed by atoms with Gasteiger partial charge in [-0.15, -0.1) is 0 Å². The van der Waals surface area contributed by atoms with Crippen molar-refractivity contribution in [2.24, 2.45) is 0 Å². The van der Waals surface area contributed by atoms with Gasteiger partial charge in [-0.3, -0.25) is 14.8 Å². The fourth-order valence-corrected chi connectivity index (χ4v) is 1.78. The molecule has 2 amide bonds. The average Bonchev–Trinajstić information content (AvgIpc) is 2.65. The number of hydrogen-bond acceptors (Lipinski definition) is 4. The first-order valence-corrected chi connectivity index (χ1v) is 7.27. The summed E-state index contributed by atoms with van der Waals surface area (Å²) in [4.78, 5) is 22.6. The molecule has 5 N–H and O–H groups in total. The summed E-state index contributed by atoms with van der Waals surface area (Å²) in [5.41, 5.74) is 9.61. The fourth-order valence-electron chi connectivity index (χ4n) is 1.78. The van der Waals surface area contributed by atoms with E-state index in [0.717, 1.165) is 5.56 Å². The second-order valence-electron chi connectivity index (χ2n) is 4.92. The molecule has 0 saturated carbocycles. The summed E-state index contributed by atoms with van der Waals surface area (Å²) >= 11 is 0. The lowest BCUT2D eigenvalue weighted by Crippen LogP contribution is -2.35. The number of carbonyl (C=O) groups excluding carboxylic acids is 2. The number of carbonyl (C=O) groups is 2. The molecule has 0 aliphatic rings. The van der Waals surface area contributed by atoms with E-state index in [0.29, 0.717) is 16.8 Å². The largest absolute Gasteiger partial charge is 0.399 e. The molecule has 0 fully saturated rings. The van der Waals surface area contributed by atoms with Crippen LogP contribution < -0.4 is 16.5 Å². The molecule has 0 heterocycles. The van der Waals surface area contributed by atoms with Crippen LogP contribution in [0.2, 0.25) is 0 Å². The fraction of sp³-hybridized carbons (Fsp3) is 0.0526. The normalized spacial score (nSPS) is 9.00. The molecular formula is C19H15N3O3. The monoisotopic (exact) mass is 333 g/mol. The van der Waals surface area contributed by atoms with Gasteiger partial charge in [0.25, 0.3) is 11.8 Å². The van der Waals surface area contributed by atoms with E-state index < -0.39 is 11.8 Å². The molecule has 0 atom stereocenters. The van der Waals surface area contributed by atoms with E-state index in [1.807, 2.05) is 12.1 Å². The van der Waals surface area contributed by atoms with Gasteiger partial charge < -0.3 is 11.1 Å². The number of hydroxylamine groups is 1. The third-order valence-electron chi connectivity index (χ3n) is 3.07. The van der Waals surface area contributed by atoms with Gasteiger partial charge >= 0.3 is 0 Å². The zero-order valence-electron chi connectivity index (χ0n) is 13.2. The Hall–Kier alpha value is -3.74. The van der Waals surface area contributed by atoms with Crippen LogP contribution in [0.5, 0.6) is 0 Å². The molecule has 2 rings (SSSR count). The lowest BCUT2D eigenvalue weighted by Gasteiger charge is -2.03. The Morgan fingerprint density at radius 1 is 0.920 bits per heavy atom. The number of amides is 2. The first-order valence-electron chi connectivity index (χ1n) is 7.27. The van der Waals surface area contributed by atoms with Crippen molar-refractivity contribution in [1.82, 2.24) is 10.8 Å². The number of hydrogen-bond donors (Lipinski definition) is 4. The van der Waals surface area contributed by atoms with Gasteiger partial charge in [-0.05, 0) is 60.4 Å². The average molecular weight is 333 g/mol. The molecule has 0 spiro atoms. The van der Waals surface area contributed by atoms with Gasteiger partial charge in [0.15, 0.2) is 0 Å². The maximum atomic E-state index is 11.8. The lowest BCUT2D eigenvalue weighted by molar-refractivity contribution is -0.128. The SMILES string of the molecule is Nc1ccc(C#CC#Cc2ccc(C(=O)NCC(=O)NO)cc2)cc1. The first kappa shape index (κ1) is 17.6. The van der Waals surface area contributed by atoms with Crippen LogP contribution in [0.1, 0.15) is 21.5 Å². The molecule has 6 nitrogen and oxygen atoms in total. The van der Waals surface area contributed by atoms with Crippen LogP contribution in [-0.2, 0) is 4.79 Å². The Morgan fingerprint density at radius 3 is 1.96 bits per heavy atom. The van der Waals surface area contributed by atoms with E-state index in [-0.39, 0.29) is 6.54 Å². The van der Waals surface area contributed by atoms with Crippen LogP contribution in [0.3, 0.4) is 0 Å². The summed E-state index contributed by atoms with van der Waals surface area (Å²) in [5.74, 6) is 10.1. The maximum Gasteiger partial charge on any atom is 0.262 e. The van der Waals surface area contributed by atoms with Gasteiger partial charge in [-0.2, -0.15) is 0 Å². The molecule has 0 saturated heterocycles. The summed E-state index contributed by atoms with van der Waals surface area (Å²) in [5, 5.41) is 10.7. The minimum absolute atomic E-state index is 0.308. The summed E-state index contributed by atoms with van der Waals surface area (Å²) in [7, 11) is 0. The second kappa shape index (κ2) is 8.78. The van der Waals surface area contributed by atoms with E-state index in [9.17, 15) is 9.59 Å². The summed E-state index contributed by atoms with van der Waals surface area (Å²) in [6.45, 7) is -0.308. The smallest absolute Gasteiger partial charge is 0.262 e. The molecule has 0 aliphatic carbocycles. The highest BCUT2D eigenvalue weighted by molar-refractivity contribution is 5.96. The van der Waals surface area contributed by atoms with Crippen LogP contribution in [0, 0.1) is 23.7 Å². The third-order valence-corrected chi connectivity index (χ3v) is 3.07. The van der Waals surface area contributed by atoms with Crippen LogP contribution in [-0.4, -0.2) is 23.6 Å². The first-order chi connectivity index (χ1) is 12.1. The quantitative estimate of drug-likeness (QED) is 0.290. The van der Waals surface area contributed by atoms with Crippen molar-refractivity contribution in [1.29, 1.82) is 0 Å². The Kier molecular flexibility index (Phi) is 6.18. The molecule has 124 valence electrons. The Balaban J connectivity index is 1.96. The van der Waals surface area contributed by atoms with Gasteiger partial charge in [0.1, 0.15) is 0 Å². The number of anilines is 1. The zero-order valence-corrected chi connectivity index (χ0v) is 13.2. The van der Waals surface area contributed by atoms with Crippen molar-refractivity contribution in [2.45, 2.75) is 0 Å². The Bertz CT molecular complexity index is 880. The zero-order chi connectivity index (χ0) is 18.1. The Labute approximate surface area is 145 Å². The van der Waals surface area contributed by atoms with Gasteiger partial charge in [-0.1, -0.05) is 11.8 Å².